The first-order chi connectivity index (χ1) is 15.7. The van der Waals surface area contributed by atoms with Crippen LogP contribution in [0.15, 0.2) is 41.3 Å². The summed E-state index contributed by atoms with van der Waals surface area (Å²) < 4.78 is 33.9. The molecule has 180 valence electrons. The SMILES string of the molecule is COc1ccc(C)cc1S(=O)(=O)N(CC(=O)NC1CCCCCCC1)c1ccc(Cl)c(Cl)c1. The van der Waals surface area contributed by atoms with Crippen LogP contribution in [0.3, 0.4) is 0 Å². The number of hydrogen-bond donors (Lipinski definition) is 1. The van der Waals surface area contributed by atoms with Gasteiger partial charge in [0, 0.05) is 6.04 Å². The largest absolute Gasteiger partial charge is 0.495 e. The van der Waals surface area contributed by atoms with Crippen molar-refractivity contribution in [3.05, 3.63) is 52.0 Å². The van der Waals surface area contributed by atoms with Crippen molar-refractivity contribution in [3.63, 3.8) is 0 Å². The number of methoxy groups -OCH3 is 1. The molecule has 3 rings (SSSR count). The fourth-order valence-corrected chi connectivity index (χ4v) is 6.01. The predicted molar refractivity (Wildman–Crippen MR) is 133 cm³/mol. The molecule has 0 aliphatic heterocycles. The van der Waals surface area contributed by atoms with Crippen molar-refractivity contribution in [2.45, 2.75) is 62.8 Å². The van der Waals surface area contributed by atoms with Gasteiger partial charge in [0.25, 0.3) is 10.0 Å². The van der Waals surface area contributed by atoms with Crippen molar-refractivity contribution >= 4 is 44.8 Å². The summed E-state index contributed by atoms with van der Waals surface area (Å²) in [5.74, 6) is -0.159. The van der Waals surface area contributed by atoms with Crippen LogP contribution in [-0.2, 0) is 14.8 Å². The van der Waals surface area contributed by atoms with Crippen LogP contribution in [-0.4, -0.2) is 34.0 Å². The summed E-state index contributed by atoms with van der Waals surface area (Å²) in [6.45, 7) is 1.41. The second-order valence-corrected chi connectivity index (χ2v) is 11.0. The maximum absolute atomic E-state index is 13.8. The van der Waals surface area contributed by atoms with Crippen LogP contribution >= 0.6 is 23.2 Å². The zero-order valence-corrected chi connectivity index (χ0v) is 21.3. The minimum absolute atomic E-state index is 0.0187. The number of halogens is 2. The molecule has 1 aliphatic carbocycles. The van der Waals surface area contributed by atoms with Crippen LogP contribution in [0, 0.1) is 6.92 Å². The molecule has 33 heavy (non-hydrogen) atoms. The topological polar surface area (TPSA) is 75.7 Å². The van der Waals surface area contributed by atoms with Crippen LogP contribution < -0.4 is 14.4 Å². The summed E-state index contributed by atoms with van der Waals surface area (Å²) in [6.07, 6.45) is 7.45. The number of anilines is 1. The zero-order chi connectivity index (χ0) is 24.0. The molecule has 0 radical (unpaired) electrons. The van der Waals surface area contributed by atoms with Gasteiger partial charge in [-0.3, -0.25) is 9.10 Å². The van der Waals surface area contributed by atoms with E-state index in [2.05, 4.69) is 5.32 Å². The van der Waals surface area contributed by atoms with Crippen LogP contribution in [0.4, 0.5) is 5.69 Å². The quantitative estimate of drug-likeness (QED) is 0.513. The van der Waals surface area contributed by atoms with Gasteiger partial charge in [0.05, 0.1) is 22.8 Å². The summed E-state index contributed by atoms with van der Waals surface area (Å²) in [6, 6.07) is 9.45. The van der Waals surface area contributed by atoms with Crippen molar-refractivity contribution in [1.29, 1.82) is 0 Å². The Kier molecular flexibility index (Phi) is 8.90. The maximum Gasteiger partial charge on any atom is 0.268 e. The van der Waals surface area contributed by atoms with E-state index in [1.165, 1.54) is 37.8 Å². The number of aryl methyl sites for hydroxylation is 1. The first-order valence-electron chi connectivity index (χ1n) is 11.1. The second kappa shape index (κ2) is 11.4. The van der Waals surface area contributed by atoms with E-state index >= 15 is 0 Å². The van der Waals surface area contributed by atoms with E-state index < -0.39 is 10.0 Å². The van der Waals surface area contributed by atoms with Gasteiger partial charge in [-0.25, -0.2) is 8.42 Å². The average molecular weight is 513 g/mol. The molecule has 0 saturated heterocycles. The summed E-state index contributed by atoms with van der Waals surface area (Å²) in [7, 11) is -2.74. The first kappa shape index (κ1) is 25.7. The van der Waals surface area contributed by atoms with Crippen LogP contribution in [0.5, 0.6) is 5.75 Å². The molecule has 2 aromatic rings. The molecular formula is C24H30Cl2N2O4S. The number of nitrogens with zero attached hydrogens (tertiary/aromatic N) is 1. The third-order valence-electron chi connectivity index (χ3n) is 5.84. The lowest BCUT2D eigenvalue weighted by molar-refractivity contribution is -0.120. The van der Waals surface area contributed by atoms with Gasteiger partial charge < -0.3 is 10.1 Å². The highest BCUT2D eigenvalue weighted by atomic mass is 35.5. The van der Waals surface area contributed by atoms with Crippen LogP contribution in [0.1, 0.15) is 50.5 Å². The Morgan fingerprint density at radius 1 is 1.03 bits per heavy atom. The Labute approximate surface area is 206 Å². The van der Waals surface area contributed by atoms with Gasteiger partial charge >= 0.3 is 0 Å². The number of ether oxygens (including phenoxy) is 1. The third-order valence-corrected chi connectivity index (χ3v) is 8.37. The highest BCUT2D eigenvalue weighted by Gasteiger charge is 2.31. The standard InChI is InChI=1S/C24H30Cl2N2O4S/c1-17-10-13-22(32-2)23(14-17)33(30,31)28(19-11-12-20(25)21(26)15-19)16-24(29)27-18-8-6-4-3-5-7-9-18/h10-15,18H,3-9,16H2,1-2H3,(H,27,29). The molecule has 2 aromatic carbocycles. The number of carbonyl (C=O) groups excluding carboxylic acids is 1. The number of nitrogens with one attached hydrogen (secondary N) is 1. The molecule has 0 aromatic heterocycles. The Balaban J connectivity index is 1.95. The fourth-order valence-electron chi connectivity index (χ4n) is 4.06. The predicted octanol–water partition coefficient (Wildman–Crippen LogP) is 5.73. The monoisotopic (exact) mass is 512 g/mol. The second-order valence-electron chi connectivity index (χ2n) is 8.37. The van der Waals surface area contributed by atoms with E-state index in [4.69, 9.17) is 27.9 Å². The molecular weight excluding hydrogens is 483 g/mol. The molecule has 6 nitrogen and oxygen atoms in total. The minimum atomic E-state index is -4.15. The molecule has 1 aliphatic rings. The normalized spacial score (nSPS) is 15.4. The summed E-state index contributed by atoms with van der Waals surface area (Å²) in [5.41, 5.74) is 1.00. The number of benzene rings is 2. The van der Waals surface area contributed by atoms with Crippen molar-refractivity contribution in [3.8, 4) is 5.75 Å². The summed E-state index contributed by atoms with van der Waals surface area (Å²) >= 11 is 12.2. The van der Waals surface area contributed by atoms with Gasteiger partial charge in [0.1, 0.15) is 17.2 Å². The Morgan fingerprint density at radius 3 is 2.33 bits per heavy atom. The summed E-state index contributed by atoms with van der Waals surface area (Å²) in [5, 5.41) is 3.54. The van der Waals surface area contributed by atoms with E-state index in [-0.39, 0.29) is 39.8 Å². The molecule has 0 atom stereocenters. The van der Waals surface area contributed by atoms with Gasteiger partial charge in [-0.05, 0) is 55.7 Å². The number of carbonyl (C=O) groups is 1. The highest BCUT2D eigenvalue weighted by molar-refractivity contribution is 7.93. The van der Waals surface area contributed by atoms with Gasteiger partial charge in [-0.15, -0.1) is 0 Å². The van der Waals surface area contributed by atoms with Crippen molar-refractivity contribution in [2.75, 3.05) is 18.0 Å². The molecule has 1 saturated carbocycles. The number of sulfonamides is 1. The van der Waals surface area contributed by atoms with Crippen LogP contribution in [0.25, 0.3) is 0 Å². The van der Waals surface area contributed by atoms with Crippen molar-refractivity contribution in [1.82, 2.24) is 5.32 Å². The van der Waals surface area contributed by atoms with E-state index in [0.717, 1.165) is 48.4 Å². The zero-order valence-electron chi connectivity index (χ0n) is 18.9. The van der Waals surface area contributed by atoms with Crippen LogP contribution in [0.2, 0.25) is 10.0 Å². The van der Waals surface area contributed by atoms with E-state index in [1.54, 1.807) is 19.1 Å². The van der Waals surface area contributed by atoms with Gasteiger partial charge in [0.15, 0.2) is 0 Å². The van der Waals surface area contributed by atoms with Crippen molar-refractivity contribution < 1.29 is 17.9 Å². The lowest BCUT2D eigenvalue weighted by Crippen LogP contribution is -2.44. The maximum atomic E-state index is 13.8. The third kappa shape index (κ3) is 6.55. The lowest BCUT2D eigenvalue weighted by Gasteiger charge is -2.27. The number of rotatable bonds is 7. The Morgan fingerprint density at radius 2 is 1.70 bits per heavy atom. The molecule has 1 amide bonds. The molecule has 0 spiro atoms. The molecule has 1 N–H and O–H groups in total. The van der Waals surface area contributed by atoms with Crippen molar-refractivity contribution in [2.24, 2.45) is 0 Å². The highest BCUT2D eigenvalue weighted by Crippen LogP contribution is 2.33. The first-order valence-corrected chi connectivity index (χ1v) is 13.3. The van der Waals surface area contributed by atoms with E-state index in [0.29, 0.717) is 5.02 Å². The number of hydrogen-bond acceptors (Lipinski definition) is 4. The van der Waals surface area contributed by atoms with E-state index in [9.17, 15) is 13.2 Å². The fraction of sp³-hybridized carbons (Fsp3) is 0.458. The number of amides is 1. The smallest absolute Gasteiger partial charge is 0.268 e. The van der Waals surface area contributed by atoms with E-state index in [1.807, 2.05) is 0 Å². The molecule has 1 fully saturated rings. The van der Waals surface area contributed by atoms with Gasteiger partial charge in [-0.2, -0.15) is 0 Å². The Hall–Kier alpha value is -1.96. The molecule has 0 heterocycles. The lowest BCUT2D eigenvalue weighted by atomic mass is 9.97. The van der Waals surface area contributed by atoms with Gasteiger partial charge in [0.2, 0.25) is 5.91 Å². The molecule has 0 bridgehead atoms. The average Bonchev–Trinajstić information content (AvgIpc) is 2.75. The Bertz CT molecular complexity index is 1080. The molecule has 9 heteroatoms. The summed E-state index contributed by atoms with van der Waals surface area (Å²) in [4.78, 5) is 13.0. The molecule has 0 unspecified atom stereocenters. The minimum Gasteiger partial charge on any atom is -0.495 e. The van der Waals surface area contributed by atoms with Gasteiger partial charge in [-0.1, -0.05) is 61.4 Å².